The molecule has 0 aliphatic rings. The Kier molecular flexibility index (Phi) is 4.78. The van der Waals surface area contributed by atoms with Crippen LogP contribution >= 0.6 is 0 Å². The fourth-order valence-electron chi connectivity index (χ4n) is 3.08. The lowest BCUT2D eigenvalue weighted by molar-refractivity contribution is 0.334. The highest BCUT2D eigenvalue weighted by molar-refractivity contribution is 5.87. The number of fused-ring (bicyclic) bond motifs is 1. The zero-order valence-corrected chi connectivity index (χ0v) is 15.0. The van der Waals surface area contributed by atoms with Crippen LogP contribution in [0, 0.1) is 20.8 Å². The van der Waals surface area contributed by atoms with E-state index in [1.807, 2.05) is 0 Å². The smallest absolute Gasteiger partial charge is 0.202 e. The van der Waals surface area contributed by atoms with Gasteiger partial charge in [-0.3, -0.25) is 9.47 Å². The van der Waals surface area contributed by atoms with Gasteiger partial charge in [0.2, 0.25) is 5.95 Å². The molecule has 0 saturated heterocycles. The molecule has 0 aliphatic carbocycles. The van der Waals surface area contributed by atoms with Crippen LogP contribution in [0.5, 0.6) is 0 Å². The van der Waals surface area contributed by atoms with E-state index in [1.54, 1.807) is 0 Å². The van der Waals surface area contributed by atoms with Crippen LogP contribution < -0.4 is 5.73 Å². The highest BCUT2D eigenvalue weighted by Gasteiger charge is 2.18. The normalized spacial score (nSPS) is 12.0. The lowest BCUT2D eigenvalue weighted by Crippen LogP contribution is -2.19. The zero-order chi connectivity index (χ0) is 16.6. The summed E-state index contributed by atoms with van der Waals surface area (Å²) in [5.74, 6) is 0.596. The summed E-state index contributed by atoms with van der Waals surface area (Å²) in [5, 5.41) is 0. The molecule has 1 aromatic carbocycles. The van der Waals surface area contributed by atoms with Gasteiger partial charge in [0.25, 0.3) is 0 Å². The van der Waals surface area contributed by atoms with Gasteiger partial charge in [0.15, 0.2) is 0 Å². The van der Waals surface area contributed by atoms with Crippen LogP contribution in [0.3, 0.4) is 0 Å². The summed E-state index contributed by atoms with van der Waals surface area (Å²) in [7, 11) is 8.33. The Morgan fingerprint density at radius 2 is 1.59 bits per heavy atom. The summed E-state index contributed by atoms with van der Waals surface area (Å²) in [4.78, 5) is 8.97. The van der Waals surface area contributed by atoms with Gasteiger partial charge in [-0.25, -0.2) is 4.98 Å². The number of anilines is 1. The maximum Gasteiger partial charge on any atom is 0.202 e. The molecule has 0 aliphatic heterocycles. The van der Waals surface area contributed by atoms with E-state index >= 15 is 0 Å². The summed E-state index contributed by atoms with van der Waals surface area (Å²) in [5.41, 5.74) is 13.7. The number of likely N-dealkylation sites (N-methyl/N-ethyl adjacent to an activating group) is 1. The van der Waals surface area contributed by atoms with Crippen molar-refractivity contribution >= 4 is 17.0 Å². The number of aryl methyl sites for hydroxylation is 2. The van der Waals surface area contributed by atoms with Gasteiger partial charge in [-0.15, -0.1) is 0 Å². The molecular weight excluding hydrogens is 274 g/mol. The largest absolute Gasteiger partial charge is 0.369 e. The second kappa shape index (κ2) is 6.26. The summed E-state index contributed by atoms with van der Waals surface area (Å²) in [6.07, 6.45) is 1.05. The van der Waals surface area contributed by atoms with E-state index in [-0.39, 0.29) is 0 Å². The number of aromatic nitrogens is 2. The van der Waals surface area contributed by atoms with Gasteiger partial charge in [0.1, 0.15) is 0 Å². The van der Waals surface area contributed by atoms with Gasteiger partial charge in [-0.2, -0.15) is 0 Å². The van der Waals surface area contributed by atoms with Crippen molar-refractivity contribution in [1.82, 2.24) is 19.4 Å². The van der Waals surface area contributed by atoms with E-state index in [0.717, 1.165) is 25.2 Å². The molecule has 5 heteroatoms. The third-order valence-corrected chi connectivity index (χ3v) is 4.41. The Bertz CT molecular complexity index is 682. The highest BCUT2D eigenvalue weighted by Crippen LogP contribution is 2.31. The lowest BCUT2D eigenvalue weighted by atomic mass is 9.94. The van der Waals surface area contributed by atoms with Crippen LogP contribution in [0.1, 0.15) is 22.3 Å². The number of rotatable bonds is 5. The number of hydrogen-bond donors (Lipinski definition) is 1. The molecule has 2 N–H and O–H groups in total. The molecule has 2 aromatic rings. The first kappa shape index (κ1) is 16.8. The molecule has 0 atom stereocenters. The Balaban J connectivity index is 2.67. The molecule has 22 heavy (non-hydrogen) atoms. The van der Waals surface area contributed by atoms with Gasteiger partial charge in [-0.05, 0) is 77.6 Å². The molecule has 0 bridgehead atoms. The third-order valence-electron chi connectivity index (χ3n) is 4.41. The van der Waals surface area contributed by atoms with Crippen molar-refractivity contribution in [2.45, 2.75) is 33.9 Å². The van der Waals surface area contributed by atoms with Crippen molar-refractivity contribution in [2.75, 3.05) is 40.5 Å². The topological polar surface area (TPSA) is 50.3 Å². The first-order valence-corrected chi connectivity index (χ1v) is 7.77. The SMILES string of the molecule is Cc1c(CCN(C)C)c(C)c2c(nc(N)n2CN(C)C)c1C. The molecular formula is C17H29N5. The van der Waals surface area contributed by atoms with Crippen LogP contribution in [0.15, 0.2) is 0 Å². The lowest BCUT2D eigenvalue weighted by Gasteiger charge is -2.19. The van der Waals surface area contributed by atoms with Crippen molar-refractivity contribution in [3.05, 3.63) is 22.3 Å². The van der Waals surface area contributed by atoms with E-state index in [9.17, 15) is 0 Å². The second-order valence-corrected chi connectivity index (χ2v) is 6.72. The van der Waals surface area contributed by atoms with Crippen molar-refractivity contribution in [1.29, 1.82) is 0 Å². The van der Waals surface area contributed by atoms with Crippen molar-refractivity contribution in [3.8, 4) is 0 Å². The number of imidazole rings is 1. The number of nitrogens with zero attached hydrogens (tertiary/aromatic N) is 4. The Morgan fingerprint density at radius 3 is 2.14 bits per heavy atom. The van der Waals surface area contributed by atoms with Crippen molar-refractivity contribution < 1.29 is 0 Å². The zero-order valence-electron chi connectivity index (χ0n) is 15.0. The summed E-state index contributed by atoms with van der Waals surface area (Å²) in [6, 6.07) is 0. The number of nitrogens with two attached hydrogens (primary N) is 1. The molecule has 122 valence electrons. The van der Waals surface area contributed by atoms with E-state index in [1.165, 1.54) is 27.8 Å². The van der Waals surface area contributed by atoms with Gasteiger partial charge in [-0.1, -0.05) is 0 Å². The maximum atomic E-state index is 6.18. The first-order chi connectivity index (χ1) is 10.2. The van der Waals surface area contributed by atoms with Crippen LogP contribution in [-0.2, 0) is 13.1 Å². The van der Waals surface area contributed by atoms with E-state index < -0.39 is 0 Å². The fourth-order valence-corrected chi connectivity index (χ4v) is 3.08. The van der Waals surface area contributed by atoms with E-state index in [2.05, 4.69) is 68.3 Å². The molecule has 0 unspecified atom stereocenters. The van der Waals surface area contributed by atoms with Crippen LogP contribution in [0.25, 0.3) is 11.0 Å². The molecule has 0 fully saturated rings. The van der Waals surface area contributed by atoms with Crippen molar-refractivity contribution in [3.63, 3.8) is 0 Å². The van der Waals surface area contributed by atoms with Gasteiger partial charge < -0.3 is 10.6 Å². The molecule has 0 amide bonds. The van der Waals surface area contributed by atoms with Crippen LogP contribution in [-0.4, -0.2) is 54.1 Å². The monoisotopic (exact) mass is 303 g/mol. The van der Waals surface area contributed by atoms with E-state index in [0.29, 0.717) is 5.95 Å². The van der Waals surface area contributed by atoms with Gasteiger partial charge in [0, 0.05) is 6.54 Å². The Morgan fingerprint density at radius 1 is 0.955 bits per heavy atom. The van der Waals surface area contributed by atoms with Crippen LogP contribution in [0.4, 0.5) is 5.95 Å². The van der Waals surface area contributed by atoms with Crippen LogP contribution in [0.2, 0.25) is 0 Å². The van der Waals surface area contributed by atoms with E-state index in [4.69, 9.17) is 5.73 Å². The molecule has 1 heterocycles. The number of benzene rings is 1. The Hall–Kier alpha value is -1.59. The molecule has 0 spiro atoms. The molecule has 1 aromatic heterocycles. The average Bonchev–Trinajstić information content (AvgIpc) is 2.73. The standard InChI is InChI=1S/C17H29N5/c1-11-12(2)15-16(13(3)14(11)8-9-20(4)5)22(10-21(6)7)17(18)19-15/h8-10H2,1-7H3,(H2,18,19). The summed E-state index contributed by atoms with van der Waals surface area (Å²) in [6.45, 7) is 8.35. The Labute approximate surface area is 133 Å². The highest BCUT2D eigenvalue weighted by atomic mass is 15.3. The average molecular weight is 303 g/mol. The minimum Gasteiger partial charge on any atom is -0.369 e. The molecule has 0 radical (unpaired) electrons. The second-order valence-electron chi connectivity index (χ2n) is 6.72. The van der Waals surface area contributed by atoms with Gasteiger partial charge >= 0.3 is 0 Å². The molecule has 0 saturated carbocycles. The predicted octanol–water partition coefficient (Wildman–Crippen LogP) is 2.17. The van der Waals surface area contributed by atoms with Gasteiger partial charge in [0.05, 0.1) is 17.7 Å². The quantitative estimate of drug-likeness (QED) is 0.920. The first-order valence-electron chi connectivity index (χ1n) is 7.77. The molecule has 5 nitrogen and oxygen atoms in total. The van der Waals surface area contributed by atoms with Crippen molar-refractivity contribution in [2.24, 2.45) is 0 Å². The minimum absolute atomic E-state index is 0.596. The maximum absolute atomic E-state index is 6.18. The predicted molar refractivity (Wildman–Crippen MR) is 94.3 cm³/mol. The fraction of sp³-hybridized carbons (Fsp3) is 0.588. The number of nitrogen functional groups attached to an aromatic ring is 1. The minimum atomic E-state index is 0.596. The third kappa shape index (κ3) is 2.96. The number of hydrogen-bond acceptors (Lipinski definition) is 4. The summed E-state index contributed by atoms with van der Waals surface area (Å²) >= 11 is 0. The molecule has 2 rings (SSSR count). The summed E-state index contributed by atoms with van der Waals surface area (Å²) < 4.78 is 2.12.